The van der Waals surface area contributed by atoms with E-state index in [0.717, 1.165) is 38.4 Å². The molecule has 0 bridgehead atoms. The number of nitrogens with one attached hydrogen (secondary N) is 1. The van der Waals surface area contributed by atoms with E-state index in [4.69, 9.17) is 16.3 Å². The van der Waals surface area contributed by atoms with Crippen molar-refractivity contribution in [2.45, 2.75) is 50.3 Å². The molecule has 0 saturated carbocycles. The number of H-pyrrole nitrogens is 1. The normalized spacial score (nSPS) is 24.3. The van der Waals surface area contributed by atoms with Crippen molar-refractivity contribution in [3.05, 3.63) is 10.0 Å². The Kier molecular flexibility index (Phi) is 7.17. The van der Waals surface area contributed by atoms with E-state index in [-0.39, 0.29) is 5.56 Å². The summed E-state index contributed by atoms with van der Waals surface area (Å²) < 4.78 is 6.39. The quantitative estimate of drug-likeness (QED) is 0.321. The SMILES string of the molecule is CCSc1ncnc2n[nH]c(I)c12.CC[C@H]1O[C@H](Cl)C[C@H]1C. The highest BCUT2D eigenvalue weighted by atomic mass is 127. The van der Waals surface area contributed by atoms with E-state index >= 15 is 0 Å². The van der Waals surface area contributed by atoms with Crippen molar-refractivity contribution in [3.63, 3.8) is 0 Å². The van der Waals surface area contributed by atoms with Gasteiger partial charge in [0.1, 0.15) is 20.6 Å². The van der Waals surface area contributed by atoms with Crippen LogP contribution in [0.5, 0.6) is 0 Å². The van der Waals surface area contributed by atoms with Gasteiger partial charge in [-0.1, -0.05) is 32.4 Å². The molecule has 1 aliphatic heterocycles. The summed E-state index contributed by atoms with van der Waals surface area (Å²) in [5, 5.41) is 9.00. The first-order valence-corrected chi connectivity index (χ1v) is 9.83. The summed E-state index contributed by atoms with van der Waals surface area (Å²) in [6.07, 6.45) is 4.06. The second-order valence-electron chi connectivity index (χ2n) is 5.05. The van der Waals surface area contributed by atoms with Crippen LogP contribution in [-0.2, 0) is 4.74 Å². The average molecular weight is 455 g/mol. The minimum atomic E-state index is -0.0232. The van der Waals surface area contributed by atoms with Gasteiger partial charge in [-0.25, -0.2) is 9.97 Å². The van der Waals surface area contributed by atoms with Gasteiger partial charge in [0.15, 0.2) is 5.65 Å². The summed E-state index contributed by atoms with van der Waals surface area (Å²) >= 11 is 9.67. The Morgan fingerprint density at radius 2 is 2.23 bits per heavy atom. The number of thioether (sulfide) groups is 1. The standard InChI is InChI=1S/C7H13ClO.C7H7IN4S/c1-3-6-5(2)4-7(8)9-6;1-2-13-7-4-5(8)11-12-6(4)9-3-10-7/h5-7H,3-4H2,1-2H3;3H,2H2,1H3,(H,9,10,11,12)/t5-,6-,7+;/m1./s1. The van der Waals surface area contributed by atoms with Crippen molar-refractivity contribution >= 4 is 57.0 Å². The van der Waals surface area contributed by atoms with Crippen LogP contribution in [-0.4, -0.2) is 37.6 Å². The molecule has 122 valence electrons. The highest BCUT2D eigenvalue weighted by Gasteiger charge is 2.28. The molecule has 0 unspecified atom stereocenters. The fraction of sp³-hybridized carbons (Fsp3) is 0.643. The smallest absolute Gasteiger partial charge is 0.186 e. The van der Waals surface area contributed by atoms with Crippen LogP contribution in [0.3, 0.4) is 0 Å². The number of hydrogen-bond acceptors (Lipinski definition) is 5. The molecular weight excluding hydrogens is 435 g/mol. The monoisotopic (exact) mass is 454 g/mol. The van der Waals surface area contributed by atoms with Gasteiger partial charge < -0.3 is 4.74 Å². The third kappa shape index (κ3) is 4.46. The number of nitrogens with zero attached hydrogens (tertiary/aromatic N) is 3. The molecule has 0 radical (unpaired) electrons. The molecule has 1 aliphatic rings. The Labute approximate surface area is 153 Å². The van der Waals surface area contributed by atoms with Gasteiger partial charge in [0.2, 0.25) is 0 Å². The van der Waals surface area contributed by atoms with E-state index in [2.05, 4.69) is 63.5 Å². The predicted molar refractivity (Wildman–Crippen MR) is 99.4 cm³/mol. The first-order chi connectivity index (χ1) is 10.6. The predicted octanol–water partition coefficient (Wildman–Crippen LogP) is 4.46. The summed E-state index contributed by atoms with van der Waals surface area (Å²) in [6.45, 7) is 6.43. The molecule has 3 atom stereocenters. The number of ether oxygens (including phenoxy) is 1. The number of alkyl halides is 1. The zero-order valence-corrected chi connectivity index (χ0v) is 16.6. The Morgan fingerprint density at radius 3 is 2.77 bits per heavy atom. The highest BCUT2D eigenvalue weighted by molar-refractivity contribution is 14.1. The highest BCUT2D eigenvalue weighted by Crippen LogP contribution is 2.29. The summed E-state index contributed by atoms with van der Waals surface area (Å²) in [6, 6.07) is 0. The number of rotatable bonds is 3. The summed E-state index contributed by atoms with van der Waals surface area (Å²) in [5.41, 5.74) is 0.722. The topological polar surface area (TPSA) is 63.7 Å². The van der Waals surface area contributed by atoms with Gasteiger partial charge >= 0.3 is 0 Å². The molecule has 1 N–H and O–H groups in total. The fourth-order valence-electron chi connectivity index (χ4n) is 2.36. The van der Waals surface area contributed by atoms with Gasteiger partial charge in [0.25, 0.3) is 0 Å². The maximum atomic E-state index is 5.76. The number of hydrogen-bond donors (Lipinski definition) is 1. The number of halogens is 2. The number of fused-ring (bicyclic) bond motifs is 1. The van der Waals surface area contributed by atoms with Gasteiger partial charge in [-0.2, -0.15) is 5.10 Å². The lowest BCUT2D eigenvalue weighted by atomic mass is 10.0. The second kappa shape index (κ2) is 8.65. The molecule has 5 nitrogen and oxygen atoms in total. The molecule has 0 aromatic carbocycles. The molecule has 0 amide bonds. The van der Waals surface area contributed by atoms with Crippen LogP contribution in [0.25, 0.3) is 11.0 Å². The summed E-state index contributed by atoms with van der Waals surface area (Å²) in [5.74, 6) is 1.66. The Hall–Kier alpha value is -0.120. The zero-order chi connectivity index (χ0) is 16.1. The fourth-order valence-corrected chi connectivity index (χ4v) is 4.31. The molecule has 22 heavy (non-hydrogen) atoms. The van der Waals surface area contributed by atoms with E-state index < -0.39 is 0 Å². The molecule has 0 spiro atoms. The van der Waals surface area contributed by atoms with Crippen LogP contribution in [0.4, 0.5) is 0 Å². The van der Waals surface area contributed by atoms with Crippen LogP contribution in [0.15, 0.2) is 11.4 Å². The lowest BCUT2D eigenvalue weighted by molar-refractivity contribution is 0.0721. The van der Waals surface area contributed by atoms with Crippen LogP contribution in [0, 0.1) is 9.62 Å². The lowest BCUT2D eigenvalue weighted by Crippen LogP contribution is -2.11. The molecule has 1 saturated heterocycles. The van der Waals surface area contributed by atoms with E-state index in [0.29, 0.717) is 12.0 Å². The number of aromatic amines is 1. The van der Waals surface area contributed by atoms with E-state index in [9.17, 15) is 0 Å². The van der Waals surface area contributed by atoms with Gasteiger partial charge in [-0.3, -0.25) is 5.10 Å². The molecule has 2 aromatic rings. The lowest BCUT2D eigenvalue weighted by Gasteiger charge is -2.09. The van der Waals surface area contributed by atoms with Gasteiger partial charge in [-0.15, -0.1) is 11.8 Å². The van der Waals surface area contributed by atoms with Crippen molar-refractivity contribution in [1.29, 1.82) is 0 Å². The minimum Gasteiger partial charge on any atom is -0.359 e. The average Bonchev–Trinajstić information content (AvgIpc) is 3.03. The molecule has 3 heterocycles. The van der Waals surface area contributed by atoms with Crippen molar-refractivity contribution in [2.24, 2.45) is 5.92 Å². The number of aromatic nitrogens is 4. The Bertz CT molecular complexity index is 612. The Balaban J connectivity index is 0.000000172. The zero-order valence-electron chi connectivity index (χ0n) is 12.8. The molecule has 2 aromatic heterocycles. The van der Waals surface area contributed by atoms with Crippen LogP contribution >= 0.6 is 46.0 Å². The summed E-state index contributed by atoms with van der Waals surface area (Å²) in [4.78, 5) is 8.29. The van der Waals surface area contributed by atoms with Crippen molar-refractivity contribution < 1.29 is 4.74 Å². The minimum absolute atomic E-state index is 0.0232. The van der Waals surface area contributed by atoms with E-state index in [1.165, 1.54) is 0 Å². The molecule has 3 rings (SSSR count). The van der Waals surface area contributed by atoms with Gasteiger partial charge in [0.05, 0.1) is 11.5 Å². The van der Waals surface area contributed by atoms with Crippen LogP contribution in [0.1, 0.15) is 33.6 Å². The molecular formula is C14H20ClIN4OS. The third-order valence-corrected chi connectivity index (χ3v) is 5.40. The molecule has 1 fully saturated rings. The van der Waals surface area contributed by atoms with Gasteiger partial charge in [-0.05, 0) is 47.1 Å². The van der Waals surface area contributed by atoms with E-state index in [1.807, 2.05) is 0 Å². The summed E-state index contributed by atoms with van der Waals surface area (Å²) in [7, 11) is 0. The maximum absolute atomic E-state index is 5.76. The second-order valence-corrected chi connectivity index (χ2v) is 7.87. The van der Waals surface area contributed by atoms with Crippen molar-refractivity contribution in [2.75, 3.05) is 5.75 Å². The van der Waals surface area contributed by atoms with Crippen LogP contribution < -0.4 is 0 Å². The molecule has 0 aliphatic carbocycles. The Morgan fingerprint density at radius 1 is 1.45 bits per heavy atom. The first kappa shape index (κ1) is 18.2. The first-order valence-electron chi connectivity index (χ1n) is 7.33. The molecule has 8 heteroatoms. The van der Waals surface area contributed by atoms with Crippen molar-refractivity contribution in [3.8, 4) is 0 Å². The van der Waals surface area contributed by atoms with E-state index in [1.54, 1.807) is 18.1 Å². The van der Waals surface area contributed by atoms with Gasteiger partial charge in [0, 0.05) is 0 Å². The van der Waals surface area contributed by atoms with Crippen molar-refractivity contribution in [1.82, 2.24) is 20.2 Å². The van der Waals surface area contributed by atoms with Crippen LogP contribution in [0.2, 0.25) is 0 Å². The third-order valence-electron chi connectivity index (χ3n) is 3.47. The maximum Gasteiger partial charge on any atom is 0.186 e. The largest absolute Gasteiger partial charge is 0.359 e.